The molecule has 0 atom stereocenters. The molecule has 0 aromatic carbocycles. The average Bonchev–Trinajstić information content (AvgIpc) is 1.69. The zero-order valence-electron chi connectivity index (χ0n) is 3.89. The number of rotatable bonds is 0. The molecule has 7 heavy (non-hydrogen) atoms. The molecular formula is C4H7BrO2. The fraction of sp³-hybridized carbons (Fsp3) is 1.00. The fourth-order valence-corrected chi connectivity index (χ4v) is 0.833. The molecule has 0 radical (unpaired) electrons. The molecule has 0 unspecified atom stereocenters. The number of alkyl halides is 1. The Morgan fingerprint density at radius 3 is 2.14 bits per heavy atom. The molecule has 3 heteroatoms. The fourth-order valence-electron chi connectivity index (χ4n) is 0.459. The lowest BCUT2D eigenvalue weighted by molar-refractivity contribution is -0.118. The van der Waals surface area contributed by atoms with Gasteiger partial charge in [-0.15, -0.1) is 0 Å². The van der Waals surface area contributed by atoms with Gasteiger partial charge in [-0.25, -0.2) is 0 Å². The molecule has 0 aromatic heterocycles. The van der Waals surface area contributed by atoms with Crippen LogP contribution >= 0.6 is 15.9 Å². The van der Waals surface area contributed by atoms with E-state index in [1.165, 1.54) is 0 Å². The van der Waals surface area contributed by atoms with Crippen LogP contribution in [0.4, 0.5) is 0 Å². The van der Waals surface area contributed by atoms with Gasteiger partial charge in [0.2, 0.25) is 5.20 Å². The van der Waals surface area contributed by atoms with Crippen LogP contribution < -0.4 is 0 Å². The van der Waals surface area contributed by atoms with Crippen LogP contribution in [0.25, 0.3) is 0 Å². The highest BCUT2D eigenvalue weighted by Crippen LogP contribution is 2.09. The molecule has 2 nitrogen and oxygen atoms in total. The van der Waals surface area contributed by atoms with E-state index >= 15 is 0 Å². The molecule has 0 N–H and O–H groups in total. The Hall–Kier alpha value is 0.400. The van der Waals surface area contributed by atoms with E-state index in [2.05, 4.69) is 15.9 Å². The van der Waals surface area contributed by atoms with E-state index in [0.717, 1.165) is 19.6 Å². The molecule has 0 aromatic rings. The minimum atomic E-state index is -0.152. The van der Waals surface area contributed by atoms with E-state index in [1.54, 1.807) is 0 Å². The molecule has 0 aliphatic carbocycles. The van der Waals surface area contributed by atoms with Crippen molar-refractivity contribution in [2.45, 2.75) is 11.6 Å². The van der Waals surface area contributed by atoms with Crippen molar-refractivity contribution in [3.05, 3.63) is 0 Å². The SMILES string of the molecule is BrC1OCCCO1. The number of hydrogen-bond donors (Lipinski definition) is 0. The number of halogens is 1. The summed E-state index contributed by atoms with van der Waals surface area (Å²) in [5.74, 6) is 0. The van der Waals surface area contributed by atoms with Gasteiger partial charge in [0, 0.05) is 0 Å². The quantitative estimate of drug-likeness (QED) is 0.503. The van der Waals surface area contributed by atoms with Crippen molar-refractivity contribution >= 4 is 15.9 Å². The van der Waals surface area contributed by atoms with Crippen LogP contribution in [0.1, 0.15) is 6.42 Å². The third-order valence-electron chi connectivity index (χ3n) is 0.786. The number of hydrogen-bond acceptors (Lipinski definition) is 2. The Morgan fingerprint density at radius 1 is 1.29 bits per heavy atom. The van der Waals surface area contributed by atoms with Crippen LogP contribution in [0.5, 0.6) is 0 Å². The molecule has 0 amide bonds. The molecule has 0 spiro atoms. The van der Waals surface area contributed by atoms with Crippen LogP contribution in [0.2, 0.25) is 0 Å². The lowest BCUT2D eigenvalue weighted by Gasteiger charge is -2.16. The highest BCUT2D eigenvalue weighted by atomic mass is 79.9. The first kappa shape index (κ1) is 5.54. The monoisotopic (exact) mass is 166 g/mol. The topological polar surface area (TPSA) is 18.5 Å². The minimum Gasteiger partial charge on any atom is -0.343 e. The summed E-state index contributed by atoms with van der Waals surface area (Å²) in [6.07, 6.45) is 1.02. The van der Waals surface area contributed by atoms with Gasteiger partial charge in [-0.05, 0) is 22.4 Å². The van der Waals surface area contributed by atoms with Gasteiger partial charge in [-0.3, -0.25) is 0 Å². The van der Waals surface area contributed by atoms with E-state index in [-0.39, 0.29) is 5.20 Å². The van der Waals surface area contributed by atoms with Gasteiger partial charge in [0.25, 0.3) is 0 Å². The summed E-state index contributed by atoms with van der Waals surface area (Å²) < 4.78 is 9.94. The van der Waals surface area contributed by atoms with Crippen molar-refractivity contribution in [2.75, 3.05) is 13.2 Å². The molecule has 1 saturated heterocycles. The summed E-state index contributed by atoms with van der Waals surface area (Å²) in [4.78, 5) is 0. The summed E-state index contributed by atoms with van der Waals surface area (Å²) >= 11 is 3.14. The van der Waals surface area contributed by atoms with Crippen LogP contribution in [0.15, 0.2) is 0 Å². The van der Waals surface area contributed by atoms with Gasteiger partial charge in [0.1, 0.15) is 0 Å². The van der Waals surface area contributed by atoms with Crippen molar-refractivity contribution in [3.63, 3.8) is 0 Å². The van der Waals surface area contributed by atoms with Crippen LogP contribution in [-0.2, 0) is 9.47 Å². The van der Waals surface area contributed by atoms with Crippen molar-refractivity contribution < 1.29 is 9.47 Å². The third kappa shape index (κ3) is 1.76. The predicted molar refractivity (Wildman–Crippen MR) is 29.2 cm³/mol. The zero-order chi connectivity index (χ0) is 5.11. The maximum absolute atomic E-state index is 4.97. The predicted octanol–water partition coefficient (Wildman–Crippen LogP) is 1.10. The standard InChI is InChI=1S/C4H7BrO2/c5-4-6-2-1-3-7-4/h4H,1-3H2. The lowest BCUT2D eigenvalue weighted by atomic mass is 10.5. The lowest BCUT2D eigenvalue weighted by Crippen LogP contribution is -2.18. The summed E-state index contributed by atoms with van der Waals surface area (Å²) in [6, 6.07) is 0. The molecule has 0 saturated carbocycles. The molecule has 1 heterocycles. The van der Waals surface area contributed by atoms with E-state index in [1.807, 2.05) is 0 Å². The third-order valence-corrected chi connectivity index (χ3v) is 1.32. The number of ether oxygens (including phenoxy) is 2. The Balaban J connectivity index is 2.12. The molecule has 0 bridgehead atoms. The van der Waals surface area contributed by atoms with Crippen molar-refractivity contribution in [3.8, 4) is 0 Å². The van der Waals surface area contributed by atoms with Crippen molar-refractivity contribution in [2.24, 2.45) is 0 Å². The highest BCUT2D eigenvalue weighted by Gasteiger charge is 2.07. The average molecular weight is 167 g/mol. The molecule has 1 fully saturated rings. The second kappa shape index (κ2) is 2.64. The second-order valence-corrected chi connectivity index (χ2v) is 2.12. The van der Waals surface area contributed by atoms with Crippen LogP contribution in [-0.4, -0.2) is 18.4 Å². The van der Waals surface area contributed by atoms with Crippen molar-refractivity contribution in [1.82, 2.24) is 0 Å². The molecule has 1 aliphatic heterocycles. The minimum absolute atomic E-state index is 0.152. The van der Waals surface area contributed by atoms with E-state index in [4.69, 9.17) is 9.47 Å². The van der Waals surface area contributed by atoms with Gasteiger partial charge >= 0.3 is 0 Å². The first-order valence-electron chi connectivity index (χ1n) is 2.27. The van der Waals surface area contributed by atoms with Crippen LogP contribution in [0.3, 0.4) is 0 Å². The van der Waals surface area contributed by atoms with Gasteiger partial charge in [0.05, 0.1) is 13.2 Å². The van der Waals surface area contributed by atoms with Crippen LogP contribution in [0, 0.1) is 0 Å². The Labute approximate surface area is 50.9 Å². The van der Waals surface area contributed by atoms with E-state index < -0.39 is 0 Å². The highest BCUT2D eigenvalue weighted by molar-refractivity contribution is 9.09. The largest absolute Gasteiger partial charge is 0.343 e. The summed E-state index contributed by atoms with van der Waals surface area (Å²) in [6.45, 7) is 1.63. The molecule has 1 aliphatic rings. The molecule has 1 rings (SSSR count). The zero-order valence-corrected chi connectivity index (χ0v) is 5.48. The van der Waals surface area contributed by atoms with E-state index in [0.29, 0.717) is 0 Å². The molecular weight excluding hydrogens is 160 g/mol. The second-order valence-electron chi connectivity index (χ2n) is 1.37. The summed E-state index contributed by atoms with van der Waals surface area (Å²) in [5.41, 5.74) is 0. The summed E-state index contributed by atoms with van der Waals surface area (Å²) in [7, 11) is 0. The smallest absolute Gasteiger partial charge is 0.215 e. The van der Waals surface area contributed by atoms with Gasteiger partial charge in [-0.2, -0.15) is 0 Å². The molecule has 42 valence electrons. The van der Waals surface area contributed by atoms with Crippen molar-refractivity contribution in [1.29, 1.82) is 0 Å². The first-order chi connectivity index (χ1) is 3.39. The van der Waals surface area contributed by atoms with E-state index in [9.17, 15) is 0 Å². The maximum Gasteiger partial charge on any atom is 0.215 e. The first-order valence-corrected chi connectivity index (χ1v) is 3.18. The maximum atomic E-state index is 4.97. The van der Waals surface area contributed by atoms with Gasteiger partial charge in [0.15, 0.2) is 0 Å². The van der Waals surface area contributed by atoms with Gasteiger partial charge < -0.3 is 9.47 Å². The Bertz CT molecular complexity index is 51.7. The summed E-state index contributed by atoms with van der Waals surface area (Å²) in [5, 5.41) is -0.152. The Kier molecular flexibility index (Phi) is 2.09. The van der Waals surface area contributed by atoms with Gasteiger partial charge in [-0.1, -0.05) is 0 Å². The Morgan fingerprint density at radius 2 is 1.86 bits per heavy atom. The normalized spacial score (nSPS) is 25.3.